The molecule has 1 aliphatic heterocycles. The first-order valence-electron chi connectivity index (χ1n) is 7.12. The molecule has 1 aromatic rings. The molecule has 106 valence electrons. The molecule has 5 nitrogen and oxygen atoms in total. The van der Waals surface area contributed by atoms with Crippen LogP contribution in [0.3, 0.4) is 0 Å². The Kier molecular flexibility index (Phi) is 3.58. The molecule has 3 rings (SSSR count). The van der Waals surface area contributed by atoms with E-state index in [9.17, 15) is 9.59 Å². The van der Waals surface area contributed by atoms with E-state index in [2.05, 4.69) is 10.6 Å². The number of para-hydroxylation sites is 1. The predicted molar refractivity (Wildman–Crippen MR) is 76.3 cm³/mol. The first-order chi connectivity index (χ1) is 9.72. The Morgan fingerprint density at radius 3 is 2.70 bits per heavy atom. The molecule has 20 heavy (non-hydrogen) atoms. The van der Waals surface area contributed by atoms with Gasteiger partial charge >= 0.3 is 6.03 Å². The molecule has 5 heteroatoms. The fraction of sp³-hybridized carbons (Fsp3) is 0.467. The van der Waals surface area contributed by atoms with Gasteiger partial charge in [-0.05, 0) is 25.0 Å². The second-order valence-electron chi connectivity index (χ2n) is 5.55. The highest BCUT2D eigenvalue weighted by Crippen LogP contribution is 2.32. The number of hydrogen-bond acceptors (Lipinski definition) is 2. The smallest absolute Gasteiger partial charge is 0.319 e. The second kappa shape index (κ2) is 5.53. The van der Waals surface area contributed by atoms with Gasteiger partial charge in [-0.2, -0.15) is 0 Å². The zero-order valence-electron chi connectivity index (χ0n) is 11.3. The summed E-state index contributed by atoms with van der Waals surface area (Å²) in [7, 11) is 0. The Morgan fingerprint density at radius 1 is 1.25 bits per heavy atom. The minimum absolute atomic E-state index is 0.214. The SMILES string of the molecule is O=C(NCC1CC(=O)N(C2CC2)C1)Nc1ccccc1. The standard InChI is InChI=1S/C15H19N3O2/c19-14-8-11(10-18(14)13-6-7-13)9-16-15(20)17-12-4-2-1-3-5-12/h1-5,11,13H,6-10H2,(H2,16,17,20). The normalized spacial score (nSPS) is 21.9. The van der Waals surface area contributed by atoms with Gasteiger partial charge in [0.2, 0.25) is 5.91 Å². The monoisotopic (exact) mass is 273 g/mol. The molecular weight excluding hydrogens is 254 g/mol. The van der Waals surface area contributed by atoms with E-state index >= 15 is 0 Å². The molecule has 0 spiro atoms. The average Bonchev–Trinajstić information content (AvgIpc) is 3.21. The molecule has 1 aliphatic carbocycles. The number of hydrogen-bond donors (Lipinski definition) is 2. The summed E-state index contributed by atoms with van der Waals surface area (Å²) in [6, 6.07) is 9.59. The first-order valence-corrected chi connectivity index (χ1v) is 7.12. The Balaban J connectivity index is 1.43. The van der Waals surface area contributed by atoms with Crippen molar-refractivity contribution in [3.8, 4) is 0 Å². The largest absolute Gasteiger partial charge is 0.339 e. The van der Waals surface area contributed by atoms with Crippen molar-refractivity contribution >= 4 is 17.6 Å². The molecule has 0 bridgehead atoms. The molecule has 2 N–H and O–H groups in total. The molecule has 0 aromatic heterocycles. The molecule has 1 atom stereocenters. The third-order valence-electron chi connectivity index (χ3n) is 3.81. The molecule has 1 unspecified atom stereocenters. The van der Waals surface area contributed by atoms with Crippen molar-refractivity contribution in [2.75, 3.05) is 18.4 Å². The molecule has 0 radical (unpaired) electrons. The van der Waals surface area contributed by atoms with Gasteiger partial charge in [-0.15, -0.1) is 0 Å². The summed E-state index contributed by atoms with van der Waals surface area (Å²) in [5, 5.41) is 5.62. The summed E-state index contributed by atoms with van der Waals surface area (Å²) in [6.45, 7) is 1.34. The Hall–Kier alpha value is -2.04. The van der Waals surface area contributed by atoms with Gasteiger partial charge in [0.1, 0.15) is 0 Å². The van der Waals surface area contributed by atoms with Crippen LogP contribution in [0.15, 0.2) is 30.3 Å². The van der Waals surface area contributed by atoms with E-state index in [0.29, 0.717) is 19.0 Å². The van der Waals surface area contributed by atoms with Crippen molar-refractivity contribution in [3.05, 3.63) is 30.3 Å². The van der Waals surface area contributed by atoms with E-state index in [1.165, 1.54) is 0 Å². The van der Waals surface area contributed by atoms with Crippen LogP contribution >= 0.6 is 0 Å². The third kappa shape index (κ3) is 3.10. The summed E-state index contributed by atoms with van der Waals surface area (Å²) in [5.41, 5.74) is 0.770. The number of nitrogens with zero attached hydrogens (tertiary/aromatic N) is 1. The Morgan fingerprint density at radius 2 is 2.00 bits per heavy atom. The van der Waals surface area contributed by atoms with Gasteiger partial charge in [0.05, 0.1) is 0 Å². The van der Waals surface area contributed by atoms with Gasteiger partial charge in [-0.25, -0.2) is 4.79 Å². The van der Waals surface area contributed by atoms with Crippen LogP contribution in [0.1, 0.15) is 19.3 Å². The highest BCUT2D eigenvalue weighted by Gasteiger charge is 2.39. The number of likely N-dealkylation sites (tertiary alicyclic amines) is 1. The van der Waals surface area contributed by atoms with Gasteiger partial charge < -0.3 is 15.5 Å². The highest BCUT2D eigenvalue weighted by atomic mass is 16.2. The highest BCUT2D eigenvalue weighted by molar-refractivity contribution is 5.89. The van der Waals surface area contributed by atoms with E-state index in [0.717, 1.165) is 25.1 Å². The quantitative estimate of drug-likeness (QED) is 0.879. The first kappa shape index (κ1) is 13.0. The number of urea groups is 1. The van der Waals surface area contributed by atoms with Gasteiger partial charge in [0.15, 0.2) is 0 Å². The van der Waals surface area contributed by atoms with E-state index in [-0.39, 0.29) is 17.9 Å². The maximum Gasteiger partial charge on any atom is 0.319 e. The van der Waals surface area contributed by atoms with Gasteiger partial charge in [0.25, 0.3) is 0 Å². The molecular formula is C15H19N3O2. The number of carbonyl (C=O) groups excluding carboxylic acids is 2. The molecule has 1 aromatic carbocycles. The molecule has 1 heterocycles. The zero-order valence-corrected chi connectivity index (χ0v) is 11.3. The number of nitrogens with one attached hydrogen (secondary N) is 2. The van der Waals surface area contributed by atoms with E-state index in [4.69, 9.17) is 0 Å². The Labute approximate surface area is 118 Å². The lowest BCUT2D eigenvalue weighted by Gasteiger charge is -2.15. The maximum absolute atomic E-state index is 11.8. The van der Waals surface area contributed by atoms with Gasteiger partial charge in [0, 0.05) is 37.2 Å². The fourth-order valence-electron chi connectivity index (χ4n) is 2.62. The molecule has 1 saturated carbocycles. The fourth-order valence-corrected chi connectivity index (χ4v) is 2.62. The van der Waals surface area contributed by atoms with Crippen molar-refractivity contribution in [3.63, 3.8) is 0 Å². The number of amides is 3. The van der Waals surface area contributed by atoms with Crippen molar-refractivity contribution in [1.29, 1.82) is 0 Å². The minimum atomic E-state index is -0.214. The predicted octanol–water partition coefficient (Wildman–Crippen LogP) is 1.82. The van der Waals surface area contributed by atoms with Crippen LogP contribution < -0.4 is 10.6 Å². The summed E-state index contributed by atoms with van der Waals surface area (Å²) >= 11 is 0. The van der Waals surface area contributed by atoms with E-state index in [1.807, 2.05) is 35.2 Å². The lowest BCUT2D eigenvalue weighted by molar-refractivity contribution is -0.128. The number of rotatable bonds is 4. The van der Waals surface area contributed by atoms with Crippen LogP contribution in [0.25, 0.3) is 0 Å². The second-order valence-corrected chi connectivity index (χ2v) is 5.55. The van der Waals surface area contributed by atoms with Gasteiger partial charge in [-0.1, -0.05) is 18.2 Å². The van der Waals surface area contributed by atoms with Crippen LogP contribution in [0.4, 0.5) is 10.5 Å². The van der Waals surface area contributed by atoms with E-state index < -0.39 is 0 Å². The van der Waals surface area contributed by atoms with Crippen LogP contribution in [-0.2, 0) is 4.79 Å². The van der Waals surface area contributed by atoms with Crippen LogP contribution in [0, 0.1) is 5.92 Å². The summed E-state index contributed by atoms with van der Waals surface area (Å²) in [6.07, 6.45) is 2.84. The third-order valence-corrected chi connectivity index (χ3v) is 3.81. The van der Waals surface area contributed by atoms with Crippen molar-refractivity contribution in [2.24, 2.45) is 5.92 Å². The van der Waals surface area contributed by atoms with E-state index in [1.54, 1.807) is 0 Å². The molecule has 3 amide bonds. The van der Waals surface area contributed by atoms with Crippen molar-refractivity contribution in [2.45, 2.75) is 25.3 Å². The Bertz CT molecular complexity index is 499. The van der Waals surface area contributed by atoms with Crippen LogP contribution in [0.5, 0.6) is 0 Å². The lowest BCUT2D eigenvalue weighted by Crippen LogP contribution is -2.34. The number of carbonyl (C=O) groups is 2. The van der Waals surface area contributed by atoms with Gasteiger partial charge in [-0.3, -0.25) is 4.79 Å². The minimum Gasteiger partial charge on any atom is -0.339 e. The summed E-state index contributed by atoms with van der Waals surface area (Å²) in [4.78, 5) is 25.5. The zero-order chi connectivity index (χ0) is 13.9. The lowest BCUT2D eigenvalue weighted by atomic mass is 10.1. The van der Waals surface area contributed by atoms with Crippen LogP contribution in [-0.4, -0.2) is 36.0 Å². The van der Waals surface area contributed by atoms with Crippen LogP contribution in [0.2, 0.25) is 0 Å². The molecule has 2 fully saturated rings. The number of benzene rings is 1. The van der Waals surface area contributed by atoms with Crippen molar-refractivity contribution in [1.82, 2.24) is 10.2 Å². The summed E-state index contributed by atoms with van der Waals surface area (Å²) < 4.78 is 0. The maximum atomic E-state index is 11.8. The average molecular weight is 273 g/mol. The molecule has 2 aliphatic rings. The molecule has 1 saturated heterocycles. The summed E-state index contributed by atoms with van der Waals surface area (Å²) in [5.74, 6) is 0.479. The number of anilines is 1. The van der Waals surface area contributed by atoms with Crippen molar-refractivity contribution < 1.29 is 9.59 Å². The topological polar surface area (TPSA) is 61.4 Å².